The minimum atomic E-state index is -0.433. The fourth-order valence-electron chi connectivity index (χ4n) is 1.54. The van der Waals surface area contributed by atoms with Gasteiger partial charge in [-0.2, -0.15) is 0 Å². The van der Waals surface area contributed by atoms with Crippen LogP contribution in [0.1, 0.15) is 44.4 Å². The second-order valence-electron chi connectivity index (χ2n) is 4.97. The van der Waals surface area contributed by atoms with Crippen LogP contribution in [0.2, 0.25) is 0 Å². The molecule has 0 radical (unpaired) electrons. The number of nitrogens with two attached hydrogens (primary N) is 1. The van der Waals surface area contributed by atoms with Crippen LogP contribution < -0.4 is 5.73 Å². The SMILES string of the molecule is CC(C)(C)c1cccc([C@@H](O)CCN)c1. The van der Waals surface area contributed by atoms with Gasteiger partial charge in [-0.25, -0.2) is 0 Å². The van der Waals surface area contributed by atoms with Crippen LogP contribution in [0, 0.1) is 0 Å². The van der Waals surface area contributed by atoms with E-state index in [0.717, 1.165) is 5.56 Å². The van der Waals surface area contributed by atoms with Crippen molar-refractivity contribution in [2.45, 2.75) is 38.7 Å². The molecule has 84 valence electrons. The second-order valence-corrected chi connectivity index (χ2v) is 4.97. The van der Waals surface area contributed by atoms with Crippen molar-refractivity contribution < 1.29 is 5.11 Å². The van der Waals surface area contributed by atoms with Crippen molar-refractivity contribution in [2.24, 2.45) is 5.73 Å². The Morgan fingerprint density at radius 2 is 2.00 bits per heavy atom. The lowest BCUT2D eigenvalue weighted by molar-refractivity contribution is 0.170. The lowest BCUT2D eigenvalue weighted by Crippen LogP contribution is -2.12. The van der Waals surface area contributed by atoms with Crippen molar-refractivity contribution in [3.63, 3.8) is 0 Å². The average molecular weight is 207 g/mol. The van der Waals surface area contributed by atoms with Gasteiger partial charge in [-0.15, -0.1) is 0 Å². The molecule has 0 fully saturated rings. The molecule has 0 aromatic heterocycles. The first kappa shape index (κ1) is 12.2. The van der Waals surface area contributed by atoms with E-state index < -0.39 is 6.10 Å². The minimum Gasteiger partial charge on any atom is -0.388 e. The molecule has 15 heavy (non-hydrogen) atoms. The van der Waals surface area contributed by atoms with Gasteiger partial charge >= 0.3 is 0 Å². The summed E-state index contributed by atoms with van der Waals surface area (Å²) in [6.45, 7) is 7.02. The highest BCUT2D eigenvalue weighted by atomic mass is 16.3. The van der Waals surface area contributed by atoms with E-state index >= 15 is 0 Å². The van der Waals surface area contributed by atoms with Gasteiger partial charge in [0.15, 0.2) is 0 Å². The fraction of sp³-hybridized carbons (Fsp3) is 0.538. The van der Waals surface area contributed by atoms with Crippen LogP contribution in [0.5, 0.6) is 0 Å². The van der Waals surface area contributed by atoms with Crippen LogP contribution in [0.25, 0.3) is 0 Å². The van der Waals surface area contributed by atoms with E-state index in [-0.39, 0.29) is 5.41 Å². The van der Waals surface area contributed by atoms with Gasteiger partial charge in [-0.05, 0) is 29.5 Å². The zero-order valence-electron chi connectivity index (χ0n) is 9.83. The molecule has 0 bridgehead atoms. The average Bonchev–Trinajstić information content (AvgIpc) is 2.17. The van der Waals surface area contributed by atoms with E-state index in [1.807, 2.05) is 12.1 Å². The topological polar surface area (TPSA) is 46.2 Å². The first-order valence-electron chi connectivity index (χ1n) is 5.43. The predicted molar refractivity (Wildman–Crippen MR) is 63.8 cm³/mol. The summed E-state index contributed by atoms with van der Waals surface area (Å²) in [4.78, 5) is 0. The largest absolute Gasteiger partial charge is 0.388 e. The summed E-state index contributed by atoms with van der Waals surface area (Å²) >= 11 is 0. The van der Waals surface area contributed by atoms with E-state index in [4.69, 9.17) is 5.73 Å². The predicted octanol–water partition coefficient (Wildman–Crippen LogP) is 2.37. The molecule has 0 heterocycles. The van der Waals surface area contributed by atoms with Crippen LogP contribution in [0.15, 0.2) is 24.3 Å². The maximum Gasteiger partial charge on any atom is 0.0802 e. The molecule has 1 rings (SSSR count). The number of aliphatic hydroxyl groups is 1. The molecule has 0 aliphatic heterocycles. The van der Waals surface area contributed by atoms with E-state index in [0.29, 0.717) is 13.0 Å². The molecule has 0 unspecified atom stereocenters. The van der Waals surface area contributed by atoms with Gasteiger partial charge < -0.3 is 10.8 Å². The van der Waals surface area contributed by atoms with Crippen molar-refractivity contribution >= 4 is 0 Å². The number of hydrogen-bond donors (Lipinski definition) is 2. The van der Waals surface area contributed by atoms with Gasteiger partial charge in [0.2, 0.25) is 0 Å². The molecule has 0 spiro atoms. The summed E-state index contributed by atoms with van der Waals surface area (Å²) in [5.41, 5.74) is 7.77. The highest BCUT2D eigenvalue weighted by Gasteiger charge is 2.15. The summed E-state index contributed by atoms with van der Waals surface area (Å²) < 4.78 is 0. The second kappa shape index (κ2) is 4.77. The fourth-order valence-corrected chi connectivity index (χ4v) is 1.54. The third-order valence-corrected chi connectivity index (χ3v) is 2.58. The summed E-state index contributed by atoms with van der Waals surface area (Å²) in [7, 11) is 0. The van der Waals surface area contributed by atoms with Crippen molar-refractivity contribution in [1.82, 2.24) is 0 Å². The van der Waals surface area contributed by atoms with Crippen LogP contribution >= 0.6 is 0 Å². The molecule has 0 amide bonds. The van der Waals surface area contributed by atoms with Crippen molar-refractivity contribution in [3.8, 4) is 0 Å². The molecule has 0 aliphatic carbocycles. The molecule has 1 atom stereocenters. The van der Waals surface area contributed by atoms with E-state index in [1.54, 1.807) is 0 Å². The molecule has 1 aromatic rings. The minimum absolute atomic E-state index is 0.123. The third kappa shape index (κ3) is 3.33. The van der Waals surface area contributed by atoms with Gasteiger partial charge in [-0.3, -0.25) is 0 Å². The van der Waals surface area contributed by atoms with Crippen molar-refractivity contribution in [2.75, 3.05) is 6.54 Å². The Balaban J connectivity index is 2.92. The highest BCUT2D eigenvalue weighted by Crippen LogP contribution is 2.25. The van der Waals surface area contributed by atoms with Crippen LogP contribution in [-0.2, 0) is 5.41 Å². The smallest absolute Gasteiger partial charge is 0.0802 e. The Morgan fingerprint density at radius 1 is 1.33 bits per heavy atom. The molecule has 2 nitrogen and oxygen atoms in total. The molecule has 2 heteroatoms. The van der Waals surface area contributed by atoms with Crippen molar-refractivity contribution in [1.29, 1.82) is 0 Å². The van der Waals surface area contributed by atoms with E-state index in [1.165, 1.54) is 5.56 Å². The van der Waals surface area contributed by atoms with Crippen LogP contribution in [-0.4, -0.2) is 11.7 Å². The van der Waals surface area contributed by atoms with Crippen molar-refractivity contribution in [3.05, 3.63) is 35.4 Å². The molecule has 1 aromatic carbocycles. The van der Waals surface area contributed by atoms with Gasteiger partial charge in [0.05, 0.1) is 6.10 Å². The van der Waals surface area contributed by atoms with E-state index in [9.17, 15) is 5.11 Å². The lowest BCUT2D eigenvalue weighted by Gasteiger charge is -2.21. The number of hydrogen-bond acceptors (Lipinski definition) is 2. The lowest BCUT2D eigenvalue weighted by atomic mass is 9.85. The Hall–Kier alpha value is -0.860. The maximum absolute atomic E-state index is 9.83. The molecule has 0 aliphatic rings. The van der Waals surface area contributed by atoms with E-state index in [2.05, 4.69) is 32.9 Å². The third-order valence-electron chi connectivity index (χ3n) is 2.58. The first-order valence-corrected chi connectivity index (χ1v) is 5.43. The number of benzene rings is 1. The van der Waals surface area contributed by atoms with Gasteiger partial charge in [0.1, 0.15) is 0 Å². The zero-order valence-corrected chi connectivity index (χ0v) is 9.83. The first-order chi connectivity index (χ1) is 6.95. The molecule has 3 N–H and O–H groups in total. The molecular formula is C13H21NO. The Kier molecular flexibility index (Phi) is 3.89. The van der Waals surface area contributed by atoms with Gasteiger partial charge in [-0.1, -0.05) is 45.0 Å². The quantitative estimate of drug-likeness (QED) is 0.799. The molecular weight excluding hydrogens is 186 g/mol. The molecule has 0 saturated heterocycles. The summed E-state index contributed by atoms with van der Waals surface area (Å²) in [6, 6.07) is 8.12. The van der Waals surface area contributed by atoms with Gasteiger partial charge in [0.25, 0.3) is 0 Å². The Bertz CT molecular complexity index is 315. The normalized spacial score (nSPS) is 13.9. The number of rotatable bonds is 3. The van der Waals surface area contributed by atoms with Crippen LogP contribution in [0.3, 0.4) is 0 Å². The Morgan fingerprint density at radius 3 is 2.53 bits per heavy atom. The monoisotopic (exact) mass is 207 g/mol. The molecule has 0 saturated carbocycles. The van der Waals surface area contributed by atoms with Gasteiger partial charge in [0, 0.05) is 0 Å². The zero-order chi connectivity index (χ0) is 11.5. The highest BCUT2D eigenvalue weighted by molar-refractivity contribution is 5.29. The Labute approximate surface area is 92.1 Å². The standard InChI is InChI=1S/C13H21NO/c1-13(2,3)11-6-4-5-10(9-11)12(15)7-8-14/h4-6,9,12,15H,7-8,14H2,1-3H3/t12-/m0/s1. The summed E-state index contributed by atoms with van der Waals surface area (Å²) in [6.07, 6.45) is 0.186. The van der Waals surface area contributed by atoms with Crippen LogP contribution in [0.4, 0.5) is 0 Å². The summed E-state index contributed by atoms with van der Waals surface area (Å²) in [5.74, 6) is 0. The maximum atomic E-state index is 9.83. The summed E-state index contributed by atoms with van der Waals surface area (Å²) in [5, 5.41) is 9.83. The number of aliphatic hydroxyl groups excluding tert-OH is 1.